The summed E-state index contributed by atoms with van der Waals surface area (Å²) in [6.07, 6.45) is 1.19. The molecule has 0 saturated carbocycles. The van der Waals surface area contributed by atoms with Crippen molar-refractivity contribution < 1.29 is 33.4 Å². The Morgan fingerprint density at radius 2 is 1.60 bits per heavy atom. The fraction of sp³-hybridized carbons (Fsp3) is 0.368. The molecule has 0 unspecified atom stereocenters. The first kappa shape index (κ1) is 36.7. The maximum absolute atomic E-state index is 13.0. The number of nitrogens with zero attached hydrogens (tertiary/aromatic N) is 4. The predicted molar refractivity (Wildman–Crippen MR) is 198 cm³/mol. The van der Waals surface area contributed by atoms with Crippen molar-refractivity contribution in [2.24, 2.45) is 5.92 Å². The third-order valence-electron chi connectivity index (χ3n) is 8.94. The second-order valence-electron chi connectivity index (χ2n) is 13.3. The molecular formula is C38H44N8O7. The van der Waals surface area contributed by atoms with Gasteiger partial charge in [0.15, 0.2) is 0 Å². The number of imidazole rings is 2. The van der Waals surface area contributed by atoms with Gasteiger partial charge in [0, 0.05) is 24.0 Å². The first-order valence-electron chi connectivity index (χ1n) is 17.5. The summed E-state index contributed by atoms with van der Waals surface area (Å²) < 4.78 is 15.5. The third-order valence-corrected chi connectivity index (χ3v) is 8.94. The number of alkyl carbamates (subject to hydrolysis) is 2. The molecule has 6 rings (SSSR count). The molecule has 1 aliphatic heterocycles. The van der Waals surface area contributed by atoms with Crippen molar-refractivity contribution >= 4 is 45.8 Å². The molecular weight excluding hydrogens is 680 g/mol. The number of rotatable bonds is 13. The Hall–Kier alpha value is -6.12. The predicted octanol–water partition coefficient (Wildman–Crippen LogP) is 5.10. The molecule has 0 fully saturated rings. The molecule has 15 nitrogen and oxygen atoms in total. The molecule has 4 amide bonds. The minimum absolute atomic E-state index is 0.159. The second-order valence-corrected chi connectivity index (χ2v) is 13.3. The van der Waals surface area contributed by atoms with Gasteiger partial charge in [0.25, 0.3) is 0 Å². The van der Waals surface area contributed by atoms with Crippen molar-refractivity contribution in [1.29, 1.82) is 0 Å². The van der Waals surface area contributed by atoms with Crippen LogP contribution in [-0.4, -0.2) is 94.1 Å². The van der Waals surface area contributed by atoms with Crippen LogP contribution in [0.1, 0.15) is 44.4 Å². The number of carbonyl (C=O) groups excluding carboxylic acids is 4. The van der Waals surface area contributed by atoms with Crippen LogP contribution in [0.15, 0.2) is 48.7 Å². The van der Waals surface area contributed by atoms with E-state index in [1.54, 1.807) is 16.0 Å². The van der Waals surface area contributed by atoms with E-state index in [-0.39, 0.29) is 43.9 Å². The van der Waals surface area contributed by atoms with Gasteiger partial charge in [-0.3, -0.25) is 9.59 Å². The van der Waals surface area contributed by atoms with Crippen LogP contribution < -0.4 is 15.4 Å². The van der Waals surface area contributed by atoms with Gasteiger partial charge in [0.05, 0.1) is 50.2 Å². The zero-order chi connectivity index (χ0) is 37.6. The van der Waals surface area contributed by atoms with Gasteiger partial charge in [-0.25, -0.2) is 19.6 Å². The quantitative estimate of drug-likeness (QED) is 0.128. The van der Waals surface area contributed by atoms with Crippen LogP contribution in [0, 0.1) is 5.92 Å². The number of aromatic nitrogens is 4. The highest BCUT2D eigenvalue weighted by atomic mass is 16.5. The molecule has 0 bridgehead atoms. The fourth-order valence-corrected chi connectivity index (χ4v) is 6.45. The number of amides is 4. The van der Waals surface area contributed by atoms with Gasteiger partial charge in [0.2, 0.25) is 11.8 Å². The summed E-state index contributed by atoms with van der Waals surface area (Å²) in [6.45, 7) is 7.64. The van der Waals surface area contributed by atoms with E-state index >= 15 is 0 Å². The van der Waals surface area contributed by atoms with Gasteiger partial charge in [-0.2, -0.15) is 0 Å². The molecule has 1 aliphatic rings. The lowest BCUT2D eigenvalue weighted by molar-refractivity contribution is -0.131. The Morgan fingerprint density at radius 1 is 0.887 bits per heavy atom. The number of ether oxygens (including phenoxy) is 3. The summed E-state index contributed by atoms with van der Waals surface area (Å²) in [5, 5.41) is 6.83. The van der Waals surface area contributed by atoms with Crippen LogP contribution in [0.5, 0.6) is 5.75 Å². The maximum atomic E-state index is 13.0. The minimum atomic E-state index is -0.659. The molecule has 2 aromatic heterocycles. The summed E-state index contributed by atoms with van der Waals surface area (Å²) >= 11 is 0. The summed E-state index contributed by atoms with van der Waals surface area (Å²) in [4.78, 5) is 68.2. The van der Waals surface area contributed by atoms with Crippen LogP contribution in [-0.2, 0) is 38.8 Å². The SMILES string of the molecule is CCCN(Cc1ncc(-c2ccc3c(c2)COc2cc4c(ccc5[nH]c(CN(CC(C)C)C(=O)CNC(=O)OC)nc54)cc2-3)[nH]1)C(=O)CNC(=O)OC. The largest absolute Gasteiger partial charge is 0.488 e. The van der Waals surface area contributed by atoms with E-state index in [9.17, 15) is 19.2 Å². The van der Waals surface area contributed by atoms with E-state index in [0.29, 0.717) is 31.3 Å². The summed E-state index contributed by atoms with van der Waals surface area (Å²) in [7, 11) is 2.51. The summed E-state index contributed by atoms with van der Waals surface area (Å²) in [6, 6.07) is 14.4. The molecule has 0 radical (unpaired) electrons. The highest BCUT2D eigenvalue weighted by Gasteiger charge is 2.23. The summed E-state index contributed by atoms with van der Waals surface area (Å²) in [5.74, 6) is 1.78. The molecule has 3 heterocycles. The van der Waals surface area contributed by atoms with Crippen molar-refractivity contribution in [3.8, 4) is 28.1 Å². The van der Waals surface area contributed by atoms with Gasteiger partial charge in [0.1, 0.15) is 37.1 Å². The minimum Gasteiger partial charge on any atom is -0.488 e. The lowest BCUT2D eigenvalue weighted by Gasteiger charge is -2.23. The Morgan fingerprint density at radius 3 is 2.30 bits per heavy atom. The monoisotopic (exact) mass is 724 g/mol. The van der Waals surface area contributed by atoms with Gasteiger partial charge in [-0.1, -0.05) is 39.0 Å². The van der Waals surface area contributed by atoms with Crippen LogP contribution in [0.2, 0.25) is 0 Å². The average molecular weight is 725 g/mol. The third kappa shape index (κ3) is 8.35. The smallest absolute Gasteiger partial charge is 0.407 e. The van der Waals surface area contributed by atoms with E-state index in [1.807, 2.05) is 45.0 Å². The van der Waals surface area contributed by atoms with E-state index < -0.39 is 12.2 Å². The number of hydrogen-bond donors (Lipinski definition) is 4. The number of fused-ring (bicyclic) bond motifs is 6. The Kier molecular flexibility index (Phi) is 11.1. The topological polar surface area (TPSA) is 184 Å². The first-order valence-corrected chi connectivity index (χ1v) is 17.5. The molecule has 15 heteroatoms. The molecule has 0 atom stereocenters. The molecule has 0 spiro atoms. The molecule has 53 heavy (non-hydrogen) atoms. The van der Waals surface area contributed by atoms with E-state index in [1.165, 1.54) is 14.2 Å². The van der Waals surface area contributed by atoms with Crippen molar-refractivity contribution in [2.45, 2.75) is 46.9 Å². The normalized spacial score (nSPS) is 11.8. The first-order chi connectivity index (χ1) is 25.6. The van der Waals surface area contributed by atoms with E-state index in [0.717, 1.165) is 61.9 Å². The van der Waals surface area contributed by atoms with Crippen molar-refractivity contribution in [3.63, 3.8) is 0 Å². The Bertz CT molecular complexity index is 2160. The number of methoxy groups -OCH3 is 2. The Balaban J connectivity index is 1.21. The van der Waals surface area contributed by atoms with Gasteiger partial charge < -0.3 is 44.6 Å². The van der Waals surface area contributed by atoms with Crippen molar-refractivity contribution in [3.05, 3.63) is 65.9 Å². The molecule has 3 aromatic carbocycles. The maximum Gasteiger partial charge on any atom is 0.407 e. The fourth-order valence-electron chi connectivity index (χ4n) is 6.45. The Labute approximate surface area is 306 Å². The van der Waals surface area contributed by atoms with Gasteiger partial charge in [-0.15, -0.1) is 0 Å². The van der Waals surface area contributed by atoms with Crippen LogP contribution >= 0.6 is 0 Å². The van der Waals surface area contributed by atoms with Crippen LogP contribution in [0.4, 0.5) is 9.59 Å². The molecule has 0 aliphatic carbocycles. The zero-order valence-corrected chi connectivity index (χ0v) is 30.5. The second kappa shape index (κ2) is 16.0. The standard InChI is InChI=1S/C38H44N8O7/c1-6-11-45(34(47)16-40-37(49)51-4)19-32-39-15-30(43-32)24-7-9-26-25(12-24)21-53-31-14-27-23(13-28(26)31)8-10-29-36(27)44-33(42-29)20-46(18-22(2)3)35(48)17-41-38(50)52-5/h7-10,12-15,22H,6,11,16-21H2,1-5H3,(H,39,43)(H,40,49)(H,41,50)(H,42,44). The molecule has 4 N–H and O–H groups in total. The van der Waals surface area contributed by atoms with Gasteiger partial charge >= 0.3 is 12.2 Å². The number of carbonyl (C=O) groups is 4. The molecule has 5 aromatic rings. The van der Waals surface area contributed by atoms with Crippen molar-refractivity contribution in [2.75, 3.05) is 40.4 Å². The number of benzene rings is 3. The zero-order valence-electron chi connectivity index (χ0n) is 30.5. The number of nitrogens with one attached hydrogen (secondary N) is 4. The van der Waals surface area contributed by atoms with Crippen LogP contribution in [0.3, 0.4) is 0 Å². The van der Waals surface area contributed by atoms with Crippen molar-refractivity contribution in [1.82, 2.24) is 40.4 Å². The number of H-pyrrole nitrogens is 2. The number of aromatic amines is 2. The summed E-state index contributed by atoms with van der Waals surface area (Å²) in [5.41, 5.74) is 6.46. The average Bonchev–Trinajstić information content (AvgIpc) is 3.81. The lowest BCUT2D eigenvalue weighted by Crippen LogP contribution is -2.41. The molecule has 0 saturated heterocycles. The molecule has 278 valence electrons. The lowest BCUT2D eigenvalue weighted by atomic mass is 9.92. The highest BCUT2D eigenvalue weighted by Crippen LogP contribution is 2.42. The highest BCUT2D eigenvalue weighted by molar-refractivity contribution is 6.07. The van der Waals surface area contributed by atoms with Gasteiger partial charge in [-0.05, 0) is 58.7 Å². The van der Waals surface area contributed by atoms with Crippen LogP contribution in [0.25, 0.3) is 44.2 Å². The van der Waals surface area contributed by atoms with E-state index in [4.69, 9.17) is 9.72 Å². The van der Waals surface area contributed by atoms with E-state index in [2.05, 4.69) is 53.3 Å². The number of hydrogen-bond acceptors (Lipinski definition) is 9.